The van der Waals surface area contributed by atoms with Crippen LogP contribution in [0.15, 0.2) is 24.3 Å². The number of carbonyl (C=O) groups excluding carboxylic acids is 1. The van der Waals surface area contributed by atoms with Crippen molar-refractivity contribution in [1.82, 2.24) is 14.8 Å². The minimum absolute atomic E-state index is 0.0339. The zero-order valence-corrected chi connectivity index (χ0v) is 26.6. The Kier molecular flexibility index (Phi) is 9.98. The fourth-order valence-electron chi connectivity index (χ4n) is 6.79. The number of aromatic nitrogens is 1. The van der Waals surface area contributed by atoms with Crippen LogP contribution in [-0.4, -0.2) is 93.5 Å². The molecule has 45 heavy (non-hydrogen) atoms. The summed E-state index contributed by atoms with van der Waals surface area (Å²) in [5.74, 6) is -3.08. The Morgan fingerprint density at radius 3 is 2.36 bits per heavy atom. The van der Waals surface area contributed by atoms with Crippen LogP contribution in [-0.2, 0) is 19.6 Å². The first-order valence-corrected chi connectivity index (χ1v) is 17.1. The van der Waals surface area contributed by atoms with Crippen molar-refractivity contribution in [2.24, 2.45) is 5.92 Å². The van der Waals surface area contributed by atoms with E-state index in [1.807, 2.05) is 0 Å². The van der Waals surface area contributed by atoms with E-state index in [4.69, 9.17) is 16.3 Å². The smallest absolute Gasteiger partial charge is 0.381 e. The molecule has 0 saturated carbocycles. The van der Waals surface area contributed by atoms with Gasteiger partial charge in [0.05, 0.1) is 34.3 Å². The Balaban J connectivity index is 1.37. The Labute approximate surface area is 264 Å². The normalized spacial score (nSPS) is 22.6. The molecule has 0 unspecified atom stereocenters. The lowest BCUT2D eigenvalue weighted by molar-refractivity contribution is -0.136. The summed E-state index contributed by atoms with van der Waals surface area (Å²) < 4.78 is 99.9. The molecule has 0 N–H and O–H groups in total. The van der Waals surface area contributed by atoms with Gasteiger partial charge in [0, 0.05) is 63.3 Å². The molecule has 1 aromatic carbocycles. The van der Waals surface area contributed by atoms with Gasteiger partial charge in [0.2, 0.25) is 15.9 Å². The van der Waals surface area contributed by atoms with Crippen molar-refractivity contribution in [3.05, 3.63) is 57.9 Å². The Morgan fingerprint density at radius 1 is 1.09 bits per heavy atom. The van der Waals surface area contributed by atoms with Gasteiger partial charge in [-0.1, -0.05) is 17.7 Å². The lowest BCUT2D eigenvalue weighted by Gasteiger charge is -2.36. The van der Waals surface area contributed by atoms with Crippen LogP contribution in [0.5, 0.6) is 0 Å². The highest BCUT2D eigenvalue weighted by Gasteiger charge is 2.44. The zero-order chi connectivity index (χ0) is 32.7. The maximum absolute atomic E-state index is 15.0. The lowest BCUT2D eigenvalue weighted by Crippen LogP contribution is -2.44. The predicted molar refractivity (Wildman–Crippen MR) is 159 cm³/mol. The van der Waals surface area contributed by atoms with E-state index in [2.05, 4.69) is 9.88 Å². The lowest BCUT2D eigenvalue weighted by atomic mass is 9.86. The molecular weight excluding hydrogens is 643 g/mol. The van der Waals surface area contributed by atoms with Gasteiger partial charge in [-0.15, -0.1) is 0 Å². The summed E-state index contributed by atoms with van der Waals surface area (Å²) in [5.41, 5.74) is 0.578. The molecule has 3 fully saturated rings. The van der Waals surface area contributed by atoms with E-state index in [1.165, 1.54) is 18.2 Å². The number of carbonyl (C=O) groups is 1. The van der Waals surface area contributed by atoms with Gasteiger partial charge in [-0.3, -0.25) is 19.0 Å². The first kappa shape index (κ1) is 33.8. The quantitative estimate of drug-likeness (QED) is 0.372. The number of halogens is 6. The summed E-state index contributed by atoms with van der Waals surface area (Å²) in [7, 11) is -4.35. The number of aryl methyl sites for hydroxylation is 1. The molecule has 15 heteroatoms. The van der Waals surface area contributed by atoms with E-state index >= 15 is 4.39 Å². The van der Waals surface area contributed by atoms with E-state index in [0.717, 1.165) is 18.9 Å². The number of benzene rings is 1. The third-order valence-electron chi connectivity index (χ3n) is 9.08. The average molecular weight is 679 g/mol. The minimum Gasteiger partial charge on any atom is -0.381 e. The second kappa shape index (κ2) is 13.3. The molecule has 2 atom stereocenters. The number of amides is 1. The van der Waals surface area contributed by atoms with Crippen LogP contribution in [0.25, 0.3) is 0 Å². The third kappa shape index (κ3) is 7.71. The number of ether oxygens (including phenoxy) is 1. The molecule has 2 aromatic rings. The van der Waals surface area contributed by atoms with Crippen molar-refractivity contribution in [3.8, 4) is 0 Å². The molecule has 0 bridgehead atoms. The second-order valence-electron chi connectivity index (χ2n) is 12.1. The van der Waals surface area contributed by atoms with E-state index in [-0.39, 0.29) is 51.3 Å². The highest BCUT2D eigenvalue weighted by Crippen LogP contribution is 2.41. The van der Waals surface area contributed by atoms with Crippen LogP contribution < -0.4 is 4.31 Å². The van der Waals surface area contributed by atoms with E-state index in [1.54, 1.807) is 11.8 Å². The van der Waals surface area contributed by atoms with E-state index in [9.17, 15) is 30.8 Å². The predicted octanol–water partition coefficient (Wildman–Crippen LogP) is 5.25. The van der Waals surface area contributed by atoms with Gasteiger partial charge in [-0.2, -0.15) is 13.2 Å². The molecule has 0 aliphatic carbocycles. The molecular formula is C30H36ClF5N4O4S. The summed E-state index contributed by atoms with van der Waals surface area (Å²) in [6, 6.07) is 4.81. The van der Waals surface area contributed by atoms with E-state index < -0.39 is 52.1 Å². The summed E-state index contributed by atoms with van der Waals surface area (Å²) in [4.78, 5) is 22.3. The van der Waals surface area contributed by atoms with Crippen molar-refractivity contribution < 1.29 is 39.9 Å². The van der Waals surface area contributed by atoms with Gasteiger partial charge in [0.25, 0.3) is 0 Å². The van der Waals surface area contributed by atoms with E-state index in [0.29, 0.717) is 51.1 Å². The highest BCUT2D eigenvalue weighted by molar-refractivity contribution is 7.92. The van der Waals surface area contributed by atoms with Gasteiger partial charge in [-0.05, 0) is 50.3 Å². The number of alkyl halides is 3. The number of rotatable bonds is 7. The number of anilines is 1. The maximum Gasteiger partial charge on any atom is 0.407 e. The number of piperidine rings is 1. The molecule has 0 radical (unpaired) electrons. The van der Waals surface area contributed by atoms with Crippen LogP contribution in [0.2, 0.25) is 5.02 Å². The van der Waals surface area contributed by atoms with Crippen molar-refractivity contribution in [1.29, 1.82) is 0 Å². The molecule has 3 aliphatic heterocycles. The van der Waals surface area contributed by atoms with Crippen LogP contribution in [0, 0.1) is 24.5 Å². The van der Waals surface area contributed by atoms with Crippen LogP contribution in [0.1, 0.15) is 54.5 Å². The van der Waals surface area contributed by atoms with Crippen LogP contribution in [0.4, 0.5) is 27.6 Å². The number of sulfonamides is 1. The second-order valence-corrected chi connectivity index (χ2v) is 14.4. The largest absolute Gasteiger partial charge is 0.407 e. The Bertz CT molecular complexity index is 1510. The van der Waals surface area contributed by atoms with Crippen LogP contribution in [0.3, 0.4) is 0 Å². The fraction of sp³-hybridized carbons (Fsp3) is 0.600. The fourth-order valence-corrected chi connectivity index (χ4v) is 7.82. The molecule has 0 spiro atoms. The molecule has 4 heterocycles. The first-order valence-electron chi connectivity index (χ1n) is 14.9. The molecule has 5 rings (SSSR count). The average Bonchev–Trinajstić information content (AvgIpc) is 3.41. The van der Waals surface area contributed by atoms with Crippen molar-refractivity contribution in [2.75, 3.05) is 56.5 Å². The number of pyridine rings is 1. The third-order valence-corrected chi connectivity index (χ3v) is 10.6. The summed E-state index contributed by atoms with van der Waals surface area (Å²) in [6.07, 6.45) is -1.89. The SMILES string of the molecule is Cc1nc(C2CCN(C(=O)[C@@H]3CN(C4CCOCC4)C[C@H]3c3ccc(F)cc3F)CC2)c(N(CC(F)(F)F)S(C)(=O)=O)cc1Cl. The molecule has 3 aliphatic rings. The molecule has 8 nitrogen and oxygen atoms in total. The Hall–Kier alpha value is -2.55. The van der Waals surface area contributed by atoms with Gasteiger partial charge in [0.15, 0.2) is 0 Å². The van der Waals surface area contributed by atoms with Crippen molar-refractivity contribution in [3.63, 3.8) is 0 Å². The standard InChI is InChI=1S/C30H36ClF5N4O4S/c1-18-25(31)14-27(40(45(2,42)43)17-30(34,35)36)28(37-18)19-5-9-38(10-6-19)29(41)24-16-39(21-7-11-44-12-8-21)15-23(24)22-4-3-20(32)13-26(22)33/h3-4,13-14,19,21,23-24H,5-12,15-17H2,1-2H3/t23-,24+/m0/s1. The zero-order valence-electron chi connectivity index (χ0n) is 25.0. The molecule has 3 saturated heterocycles. The van der Waals surface area contributed by atoms with Crippen molar-refractivity contribution >= 4 is 33.2 Å². The molecule has 248 valence electrons. The monoisotopic (exact) mass is 678 g/mol. The van der Waals surface area contributed by atoms with Crippen molar-refractivity contribution in [2.45, 2.75) is 56.7 Å². The summed E-state index contributed by atoms with van der Waals surface area (Å²) in [5, 5.41) is 0.0339. The number of likely N-dealkylation sites (tertiary alicyclic amines) is 2. The van der Waals surface area contributed by atoms with Crippen LogP contribution >= 0.6 is 11.6 Å². The molecule has 1 aromatic heterocycles. The number of hydrogen-bond acceptors (Lipinski definition) is 6. The topological polar surface area (TPSA) is 83.1 Å². The van der Waals surface area contributed by atoms with Gasteiger partial charge >= 0.3 is 6.18 Å². The van der Waals surface area contributed by atoms with Gasteiger partial charge < -0.3 is 9.64 Å². The minimum atomic E-state index is -4.81. The maximum atomic E-state index is 15.0. The van der Waals surface area contributed by atoms with Gasteiger partial charge in [0.1, 0.15) is 18.2 Å². The summed E-state index contributed by atoms with van der Waals surface area (Å²) >= 11 is 6.20. The van der Waals surface area contributed by atoms with Gasteiger partial charge in [-0.25, -0.2) is 17.2 Å². The highest BCUT2D eigenvalue weighted by atomic mass is 35.5. The first-order chi connectivity index (χ1) is 21.1. The number of nitrogens with zero attached hydrogens (tertiary/aromatic N) is 4. The number of hydrogen-bond donors (Lipinski definition) is 0. The Morgan fingerprint density at radius 2 is 1.76 bits per heavy atom. The molecule has 1 amide bonds. The summed E-state index contributed by atoms with van der Waals surface area (Å²) in [6.45, 7) is 2.40.